The van der Waals surface area contributed by atoms with Crippen molar-refractivity contribution in [3.05, 3.63) is 34.3 Å². The minimum Gasteiger partial charge on any atom is -0.340 e. The first-order valence-electron chi connectivity index (χ1n) is 5.61. The number of hydrogen-bond donors (Lipinski definition) is 0. The van der Waals surface area contributed by atoms with Crippen molar-refractivity contribution in [3.8, 4) is 0 Å². The summed E-state index contributed by atoms with van der Waals surface area (Å²) in [5, 5.41) is 0. The number of benzene rings is 1. The minimum atomic E-state index is -1.28. The minimum absolute atomic E-state index is 0.153. The first-order chi connectivity index (χ1) is 8.06. The Kier molecular flexibility index (Phi) is 5.31. The Balaban J connectivity index is 3.24. The van der Waals surface area contributed by atoms with Crippen molar-refractivity contribution < 1.29 is 14.3 Å². The van der Waals surface area contributed by atoms with Gasteiger partial charge in [0.25, 0.3) is 5.79 Å². The maximum atomic E-state index is 11.9. The number of ketones is 1. The molecule has 0 fully saturated rings. The lowest BCUT2D eigenvalue weighted by molar-refractivity contribution is -0.231. The summed E-state index contributed by atoms with van der Waals surface area (Å²) in [5.74, 6) is -1.44. The third-order valence-electron chi connectivity index (χ3n) is 2.36. The average molecular weight is 301 g/mol. The van der Waals surface area contributed by atoms with Crippen LogP contribution in [0.4, 0.5) is 0 Å². The third kappa shape index (κ3) is 3.15. The summed E-state index contributed by atoms with van der Waals surface area (Å²) in [7, 11) is 0. The number of carbonyl (C=O) groups excluding carboxylic acids is 1. The number of carbonyl (C=O) groups is 1. The van der Waals surface area contributed by atoms with E-state index in [0.29, 0.717) is 18.8 Å². The van der Waals surface area contributed by atoms with E-state index in [2.05, 4.69) is 15.9 Å². The van der Waals surface area contributed by atoms with Gasteiger partial charge < -0.3 is 9.47 Å². The zero-order valence-electron chi connectivity index (χ0n) is 10.3. The monoisotopic (exact) mass is 300 g/mol. The number of rotatable bonds is 6. The molecule has 4 heteroatoms. The molecule has 0 atom stereocenters. The van der Waals surface area contributed by atoms with Gasteiger partial charge in [0, 0.05) is 30.2 Å². The molecule has 1 aromatic rings. The summed E-state index contributed by atoms with van der Waals surface area (Å²) in [4.78, 5) is 11.9. The van der Waals surface area contributed by atoms with Crippen molar-refractivity contribution in [2.45, 2.75) is 26.6 Å². The molecule has 0 bridgehead atoms. The Labute approximate surface area is 110 Å². The molecule has 0 aliphatic heterocycles. The highest BCUT2D eigenvalue weighted by Gasteiger charge is 2.39. The lowest BCUT2D eigenvalue weighted by Crippen LogP contribution is -2.40. The van der Waals surface area contributed by atoms with E-state index in [0.717, 1.165) is 4.47 Å². The molecule has 3 nitrogen and oxygen atoms in total. The Morgan fingerprint density at radius 3 is 2.29 bits per heavy atom. The van der Waals surface area contributed by atoms with E-state index in [1.807, 2.05) is 38.1 Å². The van der Waals surface area contributed by atoms with Gasteiger partial charge in [-0.25, -0.2) is 0 Å². The lowest BCUT2D eigenvalue weighted by Gasteiger charge is -2.31. The molecule has 0 radical (unpaired) electrons. The smallest absolute Gasteiger partial charge is 0.256 e. The van der Waals surface area contributed by atoms with Crippen molar-refractivity contribution >= 4 is 21.7 Å². The van der Waals surface area contributed by atoms with Gasteiger partial charge in [-0.3, -0.25) is 4.79 Å². The number of ether oxygens (including phenoxy) is 2. The molecular formula is C13H17BrO3. The van der Waals surface area contributed by atoms with Gasteiger partial charge in [-0.1, -0.05) is 28.1 Å². The molecular weight excluding hydrogens is 284 g/mol. The zero-order chi connectivity index (χ0) is 12.9. The van der Waals surface area contributed by atoms with Gasteiger partial charge in [0.15, 0.2) is 5.78 Å². The highest BCUT2D eigenvalue weighted by molar-refractivity contribution is 9.10. The van der Waals surface area contributed by atoms with Crippen LogP contribution < -0.4 is 0 Å². The molecule has 0 spiro atoms. The van der Waals surface area contributed by atoms with Crippen LogP contribution in [0.5, 0.6) is 0 Å². The van der Waals surface area contributed by atoms with Crippen LogP contribution in [0.1, 0.15) is 26.3 Å². The second kappa shape index (κ2) is 6.28. The molecule has 0 amide bonds. The molecule has 1 aromatic carbocycles. The van der Waals surface area contributed by atoms with E-state index in [9.17, 15) is 4.79 Å². The van der Waals surface area contributed by atoms with Crippen LogP contribution in [0.3, 0.4) is 0 Å². The van der Waals surface area contributed by atoms with Crippen LogP contribution >= 0.6 is 15.9 Å². The first kappa shape index (κ1) is 14.4. The normalized spacial score (nSPS) is 11.5. The first-order valence-corrected chi connectivity index (χ1v) is 6.41. The van der Waals surface area contributed by atoms with E-state index in [4.69, 9.17) is 9.47 Å². The van der Waals surface area contributed by atoms with Crippen molar-refractivity contribution in [1.82, 2.24) is 0 Å². The summed E-state index contributed by atoms with van der Waals surface area (Å²) < 4.78 is 12.0. The standard InChI is InChI=1S/C13H17BrO3/c1-4-16-13(10(3)15,17-5-2)11-7-6-8-12(14)9-11/h6-9H,4-5H2,1-3H3. The van der Waals surface area contributed by atoms with Gasteiger partial charge in [-0.15, -0.1) is 0 Å². The van der Waals surface area contributed by atoms with E-state index in [1.165, 1.54) is 6.92 Å². The van der Waals surface area contributed by atoms with Crippen LogP contribution in [0.25, 0.3) is 0 Å². The predicted octanol–water partition coefficient (Wildman–Crippen LogP) is 3.26. The van der Waals surface area contributed by atoms with Crippen LogP contribution in [0.2, 0.25) is 0 Å². The van der Waals surface area contributed by atoms with Gasteiger partial charge in [0.2, 0.25) is 0 Å². The highest BCUT2D eigenvalue weighted by atomic mass is 79.9. The fourth-order valence-electron chi connectivity index (χ4n) is 1.71. The topological polar surface area (TPSA) is 35.5 Å². The number of halogens is 1. The lowest BCUT2D eigenvalue weighted by atomic mass is 10.0. The number of Topliss-reactive ketones (excluding diaryl/α,β-unsaturated/α-hetero) is 1. The van der Waals surface area contributed by atoms with Gasteiger partial charge in [0.1, 0.15) is 0 Å². The SMILES string of the molecule is CCOC(OCC)(C(C)=O)c1cccc(Br)c1. The van der Waals surface area contributed by atoms with Crippen molar-refractivity contribution in [3.63, 3.8) is 0 Å². The molecule has 0 aliphatic rings. The predicted molar refractivity (Wildman–Crippen MR) is 69.8 cm³/mol. The molecule has 1 rings (SSSR count). The van der Waals surface area contributed by atoms with E-state index in [1.54, 1.807) is 0 Å². The summed E-state index contributed by atoms with van der Waals surface area (Å²) in [6.45, 7) is 5.98. The van der Waals surface area contributed by atoms with E-state index >= 15 is 0 Å². The van der Waals surface area contributed by atoms with Gasteiger partial charge in [-0.05, 0) is 26.0 Å². The zero-order valence-corrected chi connectivity index (χ0v) is 11.9. The maximum Gasteiger partial charge on any atom is 0.256 e. The largest absolute Gasteiger partial charge is 0.340 e. The van der Waals surface area contributed by atoms with Gasteiger partial charge >= 0.3 is 0 Å². The molecule has 0 N–H and O–H groups in total. The second-order valence-corrected chi connectivity index (χ2v) is 4.46. The van der Waals surface area contributed by atoms with Crippen LogP contribution in [0.15, 0.2) is 28.7 Å². The molecule has 94 valence electrons. The van der Waals surface area contributed by atoms with Gasteiger partial charge in [-0.2, -0.15) is 0 Å². The molecule has 0 heterocycles. The highest BCUT2D eigenvalue weighted by Crippen LogP contribution is 2.30. The summed E-state index contributed by atoms with van der Waals surface area (Å²) in [6.07, 6.45) is 0. The average Bonchev–Trinajstić information content (AvgIpc) is 2.28. The quantitative estimate of drug-likeness (QED) is 0.757. The maximum absolute atomic E-state index is 11.9. The molecule has 0 saturated carbocycles. The fourth-order valence-corrected chi connectivity index (χ4v) is 2.11. The van der Waals surface area contributed by atoms with Crippen LogP contribution in [-0.4, -0.2) is 19.0 Å². The second-order valence-electron chi connectivity index (χ2n) is 3.55. The molecule has 0 unspecified atom stereocenters. The van der Waals surface area contributed by atoms with Crippen molar-refractivity contribution in [1.29, 1.82) is 0 Å². The van der Waals surface area contributed by atoms with Gasteiger partial charge in [0.05, 0.1) is 0 Å². The Morgan fingerprint density at radius 1 is 1.29 bits per heavy atom. The Bertz CT molecular complexity index is 384. The fraction of sp³-hybridized carbons (Fsp3) is 0.462. The third-order valence-corrected chi connectivity index (χ3v) is 2.86. The van der Waals surface area contributed by atoms with E-state index in [-0.39, 0.29) is 5.78 Å². The van der Waals surface area contributed by atoms with Crippen LogP contribution in [0, 0.1) is 0 Å². The number of hydrogen-bond acceptors (Lipinski definition) is 3. The Morgan fingerprint density at radius 2 is 1.88 bits per heavy atom. The van der Waals surface area contributed by atoms with Crippen molar-refractivity contribution in [2.24, 2.45) is 0 Å². The summed E-state index contributed by atoms with van der Waals surface area (Å²) >= 11 is 3.38. The Hall–Kier alpha value is -0.710. The summed E-state index contributed by atoms with van der Waals surface area (Å²) in [6, 6.07) is 7.42. The molecule has 17 heavy (non-hydrogen) atoms. The van der Waals surface area contributed by atoms with Crippen LogP contribution in [-0.2, 0) is 20.1 Å². The molecule has 0 saturated heterocycles. The van der Waals surface area contributed by atoms with Crippen molar-refractivity contribution in [2.75, 3.05) is 13.2 Å². The molecule has 0 aromatic heterocycles. The van der Waals surface area contributed by atoms with E-state index < -0.39 is 5.79 Å². The summed E-state index contributed by atoms with van der Waals surface area (Å²) in [5.41, 5.74) is 0.711. The molecule has 0 aliphatic carbocycles.